The molecule has 4 heteroatoms. The number of rotatable bonds is 6. The van der Waals surface area contributed by atoms with Gasteiger partial charge in [0, 0.05) is 22.1 Å². The fraction of sp³-hybridized carbons (Fsp3) is 0.0149. The van der Waals surface area contributed by atoms with Crippen molar-refractivity contribution < 1.29 is 9.15 Å². The first kappa shape index (κ1) is 39.6. The number of nitrogens with zero attached hydrogens (tertiary/aromatic N) is 2. The summed E-state index contributed by atoms with van der Waals surface area (Å²) in [7, 11) is 0. The molecule has 15 rings (SSSR count). The summed E-state index contributed by atoms with van der Waals surface area (Å²) >= 11 is 0. The highest BCUT2D eigenvalue weighted by Gasteiger charge is 2.53. The van der Waals surface area contributed by atoms with Gasteiger partial charge in [-0.15, -0.1) is 0 Å². The quantitative estimate of drug-likeness (QED) is 0.166. The Hall–Kier alpha value is -9.38. The van der Waals surface area contributed by atoms with Gasteiger partial charge >= 0.3 is 0 Å². The van der Waals surface area contributed by atoms with Crippen LogP contribution in [0.5, 0.6) is 11.5 Å². The molecule has 71 heavy (non-hydrogen) atoms. The summed E-state index contributed by atoms with van der Waals surface area (Å²) in [6.45, 7) is 0. The smallest absolute Gasteiger partial charge is 0.159 e. The Morgan fingerprint density at radius 1 is 0.366 bits per heavy atom. The summed E-state index contributed by atoms with van der Waals surface area (Å²) < 4.78 is 13.6. The fourth-order valence-electron chi connectivity index (χ4n) is 12.1. The van der Waals surface area contributed by atoms with Crippen LogP contribution in [0.15, 0.2) is 259 Å². The van der Waals surface area contributed by atoms with E-state index in [0.717, 1.165) is 89.8 Å². The lowest BCUT2D eigenvalue weighted by atomic mass is 9.64. The highest BCUT2D eigenvalue weighted by atomic mass is 16.5. The van der Waals surface area contributed by atoms with Crippen molar-refractivity contribution in [3.63, 3.8) is 0 Å². The molecule has 1 aliphatic carbocycles. The van der Waals surface area contributed by atoms with Crippen LogP contribution < -0.4 is 14.5 Å². The zero-order valence-electron chi connectivity index (χ0n) is 38.5. The summed E-state index contributed by atoms with van der Waals surface area (Å²) in [5.41, 5.74) is 21.6. The lowest BCUT2D eigenvalue weighted by Gasteiger charge is -2.47. The Morgan fingerprint density at radius 3 is 1.80 bits per heavy atom. The van der Waals surface area contributed by atoms with Gasteiger partial charge < -0.3 is 19.0 Å². The van der Waals surface area contributed by atoms with Gasteiger partial charge in [-0.2, -0.15) is 0 Å². The van der Waals surface area contributed by atoms with Crippen LogP contribution in [0.1, 0.15) is 22.3 Å². The van der Waals surface area contributed by atoms with Crippen molar-refractivity contribution >= 4 is 56.1 Å². The number of hydrogen-bond acceptors (Lipinski definition) is 4. The minimum absolute atomic E-state index is 0.640. The molecule has 3 heterocycles. The molecule has 2 aliphatic heterocycles. The molecule has 0 fully saturated rings. The molecule has 0 N–H and O–H groups in total. The van der Waals surface area contributed by atoms with E-state index in [4.69, 9.17) is 9.15 Å². The first-order chi connectivity index (χ1) is 35.2. The van der Waals surface area contributed by atoms with E-state index >= 15 is 0 Å². The number of para-hydroxylation sites is 6. The van der Waals surface area contributed by atoms with Crippen molar-refractivity contribution in [1.29, 1.82) is 0 Å². The highest BCUT2D eigenvalue weighted by molar-refractivity contribution is 6.11. The standard InChI is InChI=1S/C67H42N2O2/c1-3-18-43(19-4-1)45-36-38-48(39-37-45)68(60-32-16-25-52-51-22-8-13-33-61(51)71-66(52)60)49-41-46(44-20-5-2-6-21-44)40-47(42-49)50-24-15-28-56-64(50)53-23-7-9-26-54(53)67(56)55-27-10-11-30-58(55)69-59-31-12-14-34-62(59)70-63-35-17-29-57(67)65(63)69/h1-42H. The summed E-state index contributed by atoms with van der Waals surface area (Å²) in [5, 5.41) is 2.17. The zero-order valence-corrected chi connectivity index (χ0v) is 38.5. The number of anilines is 6. The molecule has 0 radical (unpaired) electrons. The van der Waals surface area contributed by atoms with Crippen molar-refractivity contribution in [2.24, 2.45) is 0 Å². The second-order valence-corrected chi connectivity index (χ2v) is 18.7. The van der Waals surface area contributed by atoms with E-state index < -0.39 is 5.41 Å². The third kappa shape index (κ3) is 5.73. The summed E-state index contributed by atoms with van der Waals surface area (Å²) in [4.78, 5) is 4.81. The maximum absolute atomic E-state index is 6.84. The third-order valence-corrected chi connectivity index (χ3v) is 15.0. The van der Waals surface area contributed by atoms with Gasteiger partial charge in [0.25, 0.3) is 0 Å². The van der Waals surface area contributed by atoms with Crippen molar-refractivity contribution in [2.75, 3.05) is 9.80 Å². The Labute approximate surface area is 411 Å². The Bertz CT molecular complexity index is 4100. The first-order valence-electron chi connectivity index (χ1n) is 24.3. The molecular weight excluding hydrogens is 865 g/mol. The molecule has 1 aromatic heterocycles. The van der Waals surface area contributed by atoms with Crippen molar-refractivity contribution in [1.82, 2.24) is 0 Å². The van der Waals surface area contributed by atoms with Crippen molar-refractivity contribution in [2.45, 2.75) is 5.41 Å². The van der Waals surface area contributed by atoms with E-state index in [1.54, 1.807) is 0 Å². The van der Waals surface area contributed by atoms with Crippen LogP contribution in [0.2, 0.25) is 0 Å². The topological polar surface area (TPSA) is 28.9 Å². The molecular formula is C67H42N2O2. The predicted molar refractivity (Wildman–Crippen MR) is 290 cm³/mol. The van der Waals surface area contributed by atoms with E-state index in [1.165, 1.54) is 44.5 Å². The van der Waals surface area contributed by atoms with Gasteiger partial charge in [0.05, 0.1) is 28.2 Å². The van der Waals surface area contributed by atoms with Crippen LogP contribution in [-0.2, 0) is 5.41 Å². The number of hydrogen-bond donors (Lipinski definition) is 0. The molecule has 1 spiro atoms. The lowest BCUT2D eigenvalue weighted by Crippen LogP contribution is -2.37. The van der Waals surface area contributed by atoms with Gasteiger partial charge in [0.1, 0.15) is 5.58 Å². The molecule has 0 saturated carbocycles. The summed E-state index contributed by atoms with van der Waals surface area (Å²) in [6.07, 6.45) is 0. The molecule has 4 nitrogen and oxygen atoms in total. The van der Waals surface area contributed by atoms with Crippen LogP contribution in [0.25, 0.3) is 66.4 Å². The van der Waals surface area contributed by atoms with E-state index in [9.17, 15) is 0 Å². The van der Waals surface area contributed by atoms with E-state index in [0.29, 0.717) is 0 Å². The second-order valence-electron chi connectivity index (χ2n) is 18.7. The molecule has 3 aliphatic rings. The molecule has 11 aromatic carbocycles. The van der Waals surface area contributed by atoms with E-state index in [2.05, 4.69) is 252 Å². The molecule has 0 amide bonds. The largest absolute Gasteiger partial charge is 0.454 e. The summed E-state index contributed by atoms with van der Waals surface area (Å²) in [5.74, 6) is 1.71. The molecule has 1 atom stereocenters. The normalized spacial score (nSPS) is 14.6. The highest BCUT2D eigenvalue weighted by Crippen LogP contribution is 2.67. The van der Waals surface area contributed by atoms with Gasteiger partial charge in [-0.1, -0.05) is 188 Å². The van der Waals surface area contributed by atoms with E-state index in [1.807, 2.05) is 12.1 Å². The molecule has 12 aromatic rings. The van der Waals surface area contributed by atoms with Gasteiger partial charge in [0.2, 0.25) is 0 Å². The lowest BCUT2D eigenvalue weighted by molar-refractivity contribution is 0.473. The first-order valence-corrected chi connectivity index (χ1v) is 24.3. The van der Waals surface area contributed by atoms with Gasteiger partial charge in [-0.05, 0) is 133 Å². The Balaban J connectivity index is 0.996. The number of fused-ring (bicyclic) bond motifs is 14. The maximum atomic E-state index is 6.84. The molecule has 1 unspecified atom stereocenters. The number of ether oxygens (including phenoxy) is 1. The third-order valence-electron chi connectivity index (χ3n) is 15.0. The second kappa shape index (κ2) is 15.3. The van der Waals surface area contributed by atoms with Crippen molar-refractivity contribution in [3.05, 3.63) is 277 Å². The molecule has 0 saturated heterocycles. The Morgan fingerprint density at radius 2 is 0.958 bits per heavy atom. The minimum atomic E-state index is -0.640. The zero-order chi connectivity index (χ0) is 46.6. The van der Waals surface area contributed by atoms with Crippen LogP contribution >= 0.6 is 0 Å². The van der Waals surface area contributed by atoms with Crippen molar-refractivity contribution in [3.8, 4) is 56.0 Å². The van der Waals surface area contributed by atoms with Crippen LogP contribution in [0, 0.1) is 0 Å². The average Bonchev–Trinajstić information content (AvgIpc) is 3.97. The predicted octanol–water partition coefficient (Wildman–Crippen LogP) is 18.3. The molecule has 0 bridgehead atoms. The number of furan rings is 1. The Kier molecular flexibility index (Phi) is 8.54. The van der Waals surface area contributed by atoms with Gasteiger partial charge in [-0.3, -0.25) is 0 Å². The van der Waals surface area contributed by atoms with E-state index in [-0.39, 0.29) is 0 Å². The van der Waals surface area contributed by atoms with Crippen LogP contribution in [0.4, 0.5) is 34.1 Å². The van der Waals surface area contributed by atoms with Gasteiger partial charge in [-0.25, -0.2) is 0 Å². The summed E-state index contributed by atoms with van der Waals surface area (Å²) in [6, 6.07) is 92.3. The number of benzene rings is 11. The fourth-order valence-corrected chi connectivity index (χ4v) is 12.1. The molecule has 332 valence electrons. The monoisotopic (exact) mass is 906 g/mol. The maximum Gasteiger partial charge on any atom is 0.159 e. The van der Waals surface area contributed by atoms with Crippen LogP contribution in [0.3, 0.4) is 0 Å². The SMILES string of the molecule is c1ccc(-c2ccc(N(c3cc(-c4ccccc4)cc(-c4cccc5c4-c4ccccc4C54c5ccccc5N5c6ccccc6Oc6cccc4c65)c3)c3cccc4c3oc3ccccc34)cc2)cc1. The van der Waals surface area contributed by atoms with Gasteiger partial charge in [0.15, 0.2) is 17.1 Å². The minimum Gasteiger partial charge on any atom is -0.454 e. The average molecular weight is 907 g/mol. The van der Waals surface area contributed by atoms with Crippen LogP contribution in [-0.4, -0.2) is 0 Å².